The standard InChI is InChI=1S/C12H23NO2/c1-8(2)9(3)13(5)12(4,11(14)15)10-6-7-10/h8-10H,6-7H2,1-5H3,(H,14,15). The van der Waals surface area contributed by atoms with Crippen LogP contribution in [0.1, 0.15) is 40.5 Å². The monoisotopic (exact) mass is 213 g/mol. The Kier molecular flexibility index (Phi) is 3.44. The van der Waals surface area contributed by atoms with E-state index in [-0.39, 0.29) is 0 Å². The third kappa shape index (κ3) is 2.17. The lowest BCUT2D eigenvalue weighted by Crippen LogP contribution is -2.56. The van der Waals surface area contributed by atoms with Gasteiger partial charge in [0.25, 0.3) is 0 Å². The number of rotatable bonds is 5. The van der Waals surface area contributed by atoms with Gasteiger partial charge in [-0.1, -0.05) is 13.8 Å². The number of aliphatic carboxylic acids is 1. The molecule has 0 spiro atoms. The summed E-state index contributed by atoms with van der Waals surface area (Å²) in [6.07, 6.45) is 2.11. The zero-order valence-corrected chi connectivity index (χ0v) is 10.4. The van der Waals surface area contributed by atoms with Gasteiger partial charge in [0.15, 0.2) is 0 Å². The van der Waals surface area contributed by atoms with Gasteiger partial charge < -0.3 is 5.11 Å². The second kappa shape index (κ2) is 4.12. The highest BCUT2D eigenvalue weighted by atomic mass is 16.4. The van der Waals surface area contributed by atoms with Gasteiger partial charge in [0.2, 0.25) is 0 Å². The molecule has 0 saturated heterocycles. The van der Waals surface area contributed by atoms with Crippen LogP contribution in [0.25, 0.3) is 0 Å². The van der Waals surface area contributed by atoms with Gasteiger partial charge in [0, 0.05) is 6.04 Å². The van der Waals surface area contributed by atoms with Gasteiger partial charge in [-0.25, -0.2) is 0 Å². The lowest BCUT2D eigenvalue weighted by atomic mass is 9.90. The lowest BCUT2D eigenvalue weighted by Gasteiger charge is -2.41. The largest absolute Gasteiger partial charge is 0.480 e. The predicted octanol–water partition coefficient (Wildman–Crippen LogP) is 2.22. The van der Waals surface area contributed by atoms with Crippen molar-refractivity contribution in [1.29, 1.82) is 0 Å². The van der Waals surface area contributed by atoms with Crippen molar-refractivity contribution in [2.75, 3.05) is 7.05 Å². The first-order valence-electron chi connectivity index (χ1n) is 5.78. The predicted molar refractivity (Wildman–Crippen MR) is 60.8 cm³/mol. The lowest BCUT2D eigenvalue weighted by molar-refractivity contribution is -0.153. The van der Waals surface area contributed by atoms with Crippen LogP contribution in [0.4, 0.5) is 0 Å². The van der Waals surface area contributed by atoms with Crippen LogP contribution in [-0.2, 0) is 4.79 Å². The first-order chi connectivity index (χ1) is 6.81. The molecule has 1 rings (SSSR count). The van der Waals surface area contributed by atoms with Gasteiger partial charge in [-0.15, -0.1) is 0 Å². The minimum absolute atomic E-state index is 0.298. The maximum Gasteiger partial charge on any atom is 0.324 e. The molecular formula is C12H23NO2. The zero-order chi connectivity index (χ0) is 11.8. The fraction of sp³-hybridized carbons (Fsp3) is 0.917. The van der Waals surface area contributed by atoms with E-state index in [0.717, 1.165) is 12.8 Å². The summed E-state index contributed by atoms with van der Waals surface area (Å²) in [6.45, 7) is 8.24. The Bertz CT molecular complexity index is 248. The van der Waals surface area contributed by atoms with Crippen molar-refractivity contribution in [2.24, 2.45) is 11.8 Å². The van der Waals surface area contributed by atoms with Crippen molar-refractivity contribution < 1.29 is 9.90 Å². The van der Waals surface area contributed by atoms with Crippen molar-refractivity contribution in [3.63, 3.8) is 0 Å². The Labute approximate surface area is 92.5 Å². The highest BCUT2D eigenvalue weighted by molar-refractivity contribution is 5.79. The molecule has 3 heteroatoms. The van der Waals surface area contributed by atoms with Gasteiger partial charge in [-0.2, -0.15) is 0 Å². The number of carboxylic acids is 1. The van der Waals surface area contributed by atoms with Crippen LogP contribution >= 0.6 is 0 Å². The summed E-state index contributed by atoms with van der Waals surface area (Å²) in [5, 5.41) is 9.40. The van der Waals surface area contributed by atoms with Crippen LogP contribution in [-0.4, -0.2) is 34.6 Å². The molecule has 0 aliphatic heterocycles. The third-order valence-corrected chi connectivity index (χ3v) is 4.11. The number of carboxylic acid groups (broad SMARTS) is 1. The number of likely N-dealkylation sites (N-methyl/N-ethyl adjacent to an activating group) is 1. The molecule has 0 bridgehead atoms. The maximum atomic E-state index is 11.4. The van der Waals surface area contributed by atoms with Crippen LogP contribution in [0.3, 0.4) is 0 Å². The van der Waals surface area contributed by atoms with E-state index >= 15 is 0 Å². The van der Waals surface area contributed by atoms with E-state index in [1.807, 2.05) is 18.9 Å². The molecule has 0 aromatic rings. The molecule has 0 amide bonds. The third-order valence-electron chi connectivity index (χ3n) is 4.11. The first-order valence-corrected chi connectivity index (χ1v) is 5.78. The van der Waals surface area contributed by atoms with Gasteiger partial charge in [-0.3, -0.25) is 9.69 Å². The summed E-state index contributed by atoms with van der Waals surface area (Å²) in [5.74, 6) is 0.133. The molecule has 1 saturated carbocycles. The summed E-state index contributed by atoms with van der Waals surface area (Å²) in [6, 6.07) is 0.298. The Hall–Kier alpha value is -0.570. The molecule has 2 atom stereocenters. The molecule has 15 heavy (non-hydrogen) atoms. The van der Waals surface area contributed by atoms with E-state index in [2.05, 4.69) is 20.8 Å². The molecule has 0 radical (unpaired) electrons. The highest BCUT2D eigenvalue weighted by Crippen LogP contribution is 2.43. The number of carbonyl (C=O) groups is 1. The fourth-order valence-electron chi connectivity index (χ4n) is 2.13. The normalized spacial score (nSPS) is 22.9. The van der Waals surface area contributed by atoms with E-state index in [9.17, 15) is 9.90 Å². The summed E-state index contributed by atoms with van der Waals surface area (Å²) >= 11 is 0. The van der Waals surface area contributed by atoms with Gasteiger partial charge in [0.1, 0.15) is 5.54 Å². The average molecular weight is 213 g/mol. The van der Waals surface area contributed by atoms with Crippen LogP contribution in [0.5, 0.6) is 0 Å². The topological polar surface area (TPSA) is 40.5 Å². The van der Waals surface area contributed by atoms with Gasteiger partial charge in [-0.05, 0) is 45.6 Å². The molecule has 1 fully saturated rings. The van der Waals surface area contributed by atoms with E-state index in [0.29, 0.717) is 17.9 Å². The van der Waals surface area contributed by atoms with Crippen molar-refractivity contribution >= 4 is 5.97 Å². The SMILES string of the molecule is CC(C)C(C)N(C)C(C)(C(=O)O)C1CC1. The second-order valence-electron chi connectivity index (χ2n) is 5.32. The molecule has 2 unspecified atom stereocenters. The summed E-state index contributed by atoms with van der Waals surface area (Å²) < 4.78 is 0. The van der Waals surface area contributed by atoms with E-state index in [4.69, 9.17) is 0 Å². The van der Waals surface area contributed by atoms with Crippen LogP contribution in [0.2, 0.25) is 0 Å². The van der Waals surface area contributed by atoms with E-state index < -0.39 is 11.5 Å². The molecule has 3 nitrogen and oxygen atoms in total. The average Bonchev–Trinajstić information content (AvgIpc) is 2.96. The highest BCUT2D eigenvalue weighted by Gasteiger charge is 2.51. The Morgan fingerprint density at radius 3 is 2.13 bits per heavy atom. The van der Waals surface area contributed by atoms with E-state index in [1.165, 1.54) is 0 Å². The number of hydrogen-bond acceptors (Lipinski definition) is 2. The summed E-state index contributed by atoms with van der Waals surface area (Å²) in [4.78, 5) is 13.5. The smallest absolute Gasteiger partial charge is 0.324 e. The Balaban J connectivity index is 2.84. The maximum absolute atomic E-state index is 11.4. The molecule has 0 heterocycles. The quantitative estimate of drug-likeness (QED) is 0.761. The molecule has 0 aromatic carbocycles. The number of nitrogens with zero attached hydrogens (tertiary/aromatic N) is 1. The molecular weight excluding hydrogens is 190 g/mol. The minimum Gasteiger partial charge on any atom is -0.480 e. The van der Waals surface area contributed by atoms with Crippen molar-refractivity contribution in [3.05, 3.63) is 0 Å². The Morgan fingerprint density at radius 2 is 1.87 bits per heavy atom. The fourth-order valence-corrected chi connectivity index (χ4v) is 2.13. The zero-order valence-electron chi connectivity index (χ0n) is 10.4. The summed E-state index contributed by atoms with van der Waals surface area (Å²) in [5.41, 5.74) is -0.677. The van der Waals surface area contributed by atoms with Crippen LogP contribution in [0.15, 0.2) is 0 Å². The van der Waals surface area contributed by atoms with Crippen molar-refractivity contribution in [2.45, 2.75) is 52.1 Å². The first kappa shape index (κ1) is 12.5. The van der Waals surface area contributed by atoms with Crippen molar-refractivity contribution in [3.8, 4) is 0 Å². The van der Waals surface area contributed by atoms with Gasteiger partial charge >= 0.3 is 5.97 Å². The second-order valence-corrected chi connectivity index (χ2v) is 5.32. The van der Waals surface area contributed by atoms with E-state index in [1.54, 1.807) is 0 Å². The number of hydrogen-bond donors (Lipinski definition) is 1. The van der Waals surface area contributed by atoms with Crippen LogP contribution < -0.4 is 0 Å². The molecule has 1 aliphatic carbocycles. The summed E-state index contributed by atoms with van der Waals surface area (Å²) in [7, 11) is 1.94. The minimum atomic E-state index is -0.681. The Morgan fingerprint density at radius 1 is 1.40 bits per heavy atom. The van der Waals surface area contributed by atoms with Gasteiger partial charge in [0.05, 0.1) is 0 Å². The molecule has 1 aliphatic rings. The molecule has 88 valence electrons. The molecule has 1 N–H and O–H groups in total. The molecule has 0 aromatic heterocycles. The van der Waals surface area contributed by atoms with Crippen molar-refractivity contribution in [1.82, 2.24) is 4.90 Å². The van der Waals surface area contributed by atoms with Crippen LogP contribution in [0, 0.1) is 11.8 Å².